The van der Waals surface area contributed by atoms with Crippen molar-refractivity contribution >= 4 is 23.6 Å². The van der Waals surface area contributed by atoms with Gasteiger partial charge in [-0.1, -0.05) is 0 Å². The predicted octanol–water partition coefficient (Wildman–Crippen LogP) is -1.56. The van der Waals surface area contributed by atoms with Gasteiger partial charge in [0.15, 0.2) is 0 Å². The minimum Gasteiger partial charge on any atom is -0.388 e. The van der Waals surface area contributed by atoms with E-state index in [-0.39, 0.29) is 30.4 Å². The molecule has 1 saturated heterocycles. The van der Waals surface area contributed by atoms with Crippen molar-refractivity contribution in [3.05, 3.63) is 0 Å². The quantitative estimate of drug-likeness (QED) is 0.525. The number of aliphatic hydroxyl groups excluding tert-OH is 2. The molecule has 134 valence electrons. The van der Waals surface area contributed by atoms with E-state index in [0.29, 0.717) is 6.54 Å². The van der Waals surface area contributed by atoms with Crippen LogP contribution in [0, 0.1) is 0 Å². The molecule has 3 amide bonds. The summed E-state index contributed by atoms with van der Waals surface area (Å²) in [6, 6.07) is -1.27. The largest absolute Gasteiger partial charge is 0.388 e. The molecule has 24 heavy (non-hydrogen) atoms. The summed E-state index contributed by atoms with van der Waals surface area (Å²) in [6.45, 7) is 6.04. The van der Waals surface area contributed by atoms with E-state index in [1.807, 2.05) is 20.8 Å². The van der Waals surface area contributed by atoms with Crippen LogP contribution < -0.4 is 5.32 Å². The Morgan fingerprint density at radius 2 is 1.92 bits per heavy atom. The van der Waals surface area contributed by atoms with Gasteiger partial charge in [-0.25, -0.2) is 9.37 Å². The highest BCUT2D eigenvalue weighted by molar-refractivity contribution is 6.22. The maximum absolute atomic E-state index is 12.5. The average Bonchev–Trinajstić information content (AvgIpc) is 2.86. The molecule has 9 heteroatoms. The Kier molecular flexibility index (Phi) is 5.07. The van der Waals surface area contributed by atoms with Crippen LogP contribution in [0.5, 0.6) is 0 Å². The van der Waals surface area contributed by atoms with E-state index >= 15 is 0 Å². The number of aliphatic hydroxyl groups is 2. The van der Waals surface area contributed by atoms with E-state index < -0.39 is 24.1 Å². The molecule has 1 fully saturated rings. The number of aliphatic imine (C=N–C) groups is 1. The second kappa shape index (κ2) is 6.58. The van der Waals surface area contributed by atoms with Crippen LogP contribution in [0.2, 0.25) is 0 Å². The van der Waals surface area contributed by atoms with Gasteiger partial charge in [0.1, 0.15) is 19.3 Å². The van der Waals surface area contributed by atoms with Crippen molar-refractivity contribution in [2.75, 3.05) is 33.8 Å². The summed E-state index contributed by atoms with van der Waals surface area (Å²) >= 11 is 0. The zero-order valence-electron chi connectivity index (χ0n) is 14.8. The Bertz CT molecular complexity index is 607. The molecule has 0 radical (unpaired) electrons. The van der Waals surface area contributed by atoms with Crippen LogP contribution in [-0.2, 0) is 4.79 Å². The van der Waals surface area contributed by atoms with Gasteiger partial charge < -0.3 is 15.5 Å². The van der Waals surface area contributed by atoms with E-state index in [9.17, 15) is 19.8 Å². The van der Waals surface area contributed by atoms with Crippen molar-refractivity contribution in [2.45, 2.75) is 38.5 Å². The Morgan fingerprint density at radius 1 is 1.29 bits per heavy atom. The normalized spacial score (nSPS) is 23.0. The average molecular weight is 340 g/mol. The summed E-state index contributed by atoms with van der Waals surface area (Å²) in [7, 11) is 2.94. The molecule has 0 bridgehead atoms. The lowest BCUT2D eigenvalue weighted by molar-refractivity contribution is -0.544. The number of rotatable bonds is 5. The number of hydrogen-bond donors (Lipinski definition) is 3. The molecule has 3 N–H and O–H groups in total. The molecular weight excluding hydrogens is 314 g/mol. The smallest absolute Gasteiger partial charge is 0.333 e. The molecule has 0 spiro atoms. The van der Waals surface area contributed by atoms with E-state index in [1.54, 1.807) is 4.58 Å². The highest BCUT2D eigenvalue weighted by Crippen LogP contribution is 2.19. The Labute approximate surface area is 141 Å². The zero-order valence-corrected chi connectivity index (χ0v) is 14.8. The minimum atomic E-state index is -0.802. The molecule has 0 aromatic carbocycles. The fourth-order valence-electron chi connectivity index (χ4n) is 2.70. The Balaban J connectivity index is 2.20. The summed E-state index contributed by atoms with van der Waals surface area (Å²) in [5.74, 6) is 0.132. The van der Waals surface area contributed by atoms with E-state index in [2.05, 4.69) is 10.3 Å². The van der Waals surface area contributed by atoms with Crippen LogP contribution in [0.15, 0.2) is 4.99 Å². The predicted molar refractivity (Wildman–Crippen MR) is 88.1 cm³/mol. The third kappa shape index (κ3) is 3.47. The lowest BCUT2D eigenvalue weighted by Gasteiger charge is -2.31. The number of carbonyl (C=O) groups is 2. The first-order valence-electron chi connectivity index (χ1n) is 7.87. The highest BCUT2D eigenvalue weighted by atomic mass is 16.3. The number of amides is 3. The molecule has 0 aliphatic carbocycles. The molecule has 0 aromatic heterocycles. The highest BCUT2D eigenvalue weighted by Gasteiger charge is 2.53. The number of nitrogens with one attached hydrogen (secondary N) is 1. The van der Waals surface area contributed by atoms with Gasteiger partial charge in [-0.15, -0.1) is 0 Å². The van der Waals surface area contributed by atoms with Crippen molar-refractivity contribution < 1.29 is 24.4 Å². The topological polar surface area (TPSA) is 108 Å². The molecule has 2 aliphatic heterocycles. The fourth-order valence-corrected chi connectivity index (χ4v) is 2.70. The molecular formula is C15H26N5O4+. The van der Waals surface area contributed by atoms with Crippen molar-refractivity contribution in [2.24, 2.45) is 4.99 Å². The molecule has 2 unspecified atom stereocenters. The van der Waals surface area contributed by atoms with E-state index in [0.717, 1.165) is 4.90 Å². The first kappa shape index (κ1) is 18.5. The summed E-state index contributed by atoms with van der Waals surface area (Å²) in [5, 5.41) is 23.0. The van der Waals surface area contributed by atoms with Gasteiger partial charge in [-0.05, 0) is 25.8 Å². The fraction of sp³-hybridized carbons (Fsp3) is 0.733. The number of fused-ring (bicyclic) bond motifs is 1. The number of urea groups is 1. The summed E-state index contributed by atoms with van der Waals surface area (Å²) in [4.78, 5) is 31.1. The number of β-amino-alcohol motifs (C(OH)–C–C–N with tert-alkyl or cyclic N) is 1. The van der Waals surface area contributed by atoms with Crippen molar-refractivity contribution in [3.8, 4) is 0 Å². The molecule has 2 heterocycles. The van der Waals surface area contributed by atoms with Gasteiger partial charge in [-0.2, -0.15) is 0 Å². The third-order valence-corrected chi connectivity index (χ3v) is 4.03. The Morgan fingerprint density at radius 3 is 2.46 bits per heavy atom. The number of amidine groups is 2. The number of likely N-dealkylation sites (N-methyl/N-ethyl adjacent to an activating group) is 2. The monoisotopic (exact) mass is 340 g/mol. The SMILES string of the molecule is CN1C(=O)C2C(=NC(CO)=[N+]2CC(O)CNC(C)(C)C)N(C)C1=O. The molecule has 2 rings (SSSR count). The van der Waals surface area contributed by atoms with Crippen LogP contribution in [0.25, 0.3) is 0 Å². The van der Waals surface area contributed by atoms with Gasteiger partial charge >= 0.3 is 11.9 Å². The van der Waals surface area contributed by atoms with E-state index in [4.69, 9.17) is 0 Å². The van der Waals surface area contributed by atoms with Crippen LogP contribution in [0.3, 0.4) is 0 Å². The van der Waals surface area contributed by atoms with Gasteiger partial charge in [0.2, 0.25) is 0 Å². The Hall–Kier alpha value is -1.84. The third-order valence-electron chi connectivity index (χ3n) is 4.03. The maximum atomic E-state index is 12.5. The van der Waals surface area contributed by atoms with Crippen molar-refractivity contribution in [1.29, 1.82) is 0 Å². The molecule has 9 nitrogen and oxygen atoms in total. The first-order valence-corrected chi connectivity index (χ1v) is 7.87. The zero-order chi connectivity index (χ0) is 18.2. The molecule has 2 atom stereocenters. The van der Waals surface area contributed by atoms with Gasteiger partial charge in [0, 0.05) is 26.2 Å². The van der Waals surface area contributed by atoms with Crippen molar-refractivity contribution in [1.82, 2.24) is 15.1 Å². The molecule has 0 saturated carbocycles. The van der Waals surface area contributed by atoms with Crippen LogP contribution in [0.1, 0.15) is 20.8 Å². The lowest BCUT2D eigenvalue weighted by atomic mass is 10.1. The first-order chi connectivity index (χ1) is 11.1. The molecule has 2 aliphatic rings. The second-order valence-corrected chi connectivity index (χ2v) is 7.12. The van der Waals surface area contributed by atoms with Crippen LogP contribution >= 0.6 is 0 Å². The van der Waals surface area contributed by atoms with E-state index in [1.165, 1.54) is 19.0 Å². The standard InChI is InChI=1S/C15H26N5O4/c1-15(2,3)16-6-9(22)7-20-10(8-21)17-12-11(20)13(23)19(5)14(24)18(12)4/h9,11,16,21-22H,6-8H2,1-5H3/q+1. The second-order valence-electron chi connectivity index (χ2n) is 7.12. The van der Waals surface area contributed by atoms with Gasteiger partial charge in [0.25, 0.3) is 17.8 Å². The number of imide groups is 1. The number of carbonyl (C=O) groups excluding carboxylic acids is 2. The molecule has 0 aromatic rings. The van der Waals surface area contributed by atoms with Gasteiger partial charge in [-0.3, -0.25) is 14.6 Å². The maximum Gasteiger partial charge on any atom is 0.333 e. The lowest BCUT2D eigenvalue weighted by Crippen LogP contribution is -2.62. The summed E-state index contributed by atoms with van der Waals surface area (Å²) in [5.41, 5.74) is -0.148. The number of hydrogen-bond acceptors (Lipinski definition) is 6. The van der Waals surface area contributed by atoms with Crippen LogP contribution in [-0.4, -0.2) is 99.7 Å². The summed E-state index contributed by atoms with van der Waals surface area (Å²) in [6.07, 6.45) is -0.763. The minimum absolute atomic E-state index is 0.123. The van der Waals surface area contributed by atoms with Crippen molar-refractivity contribution in [3.63, 3.8) is 0 Å². The number of nitrogens with zero attached hydrogens (tertiary/aromatic N) is 4. The summed E-state index contributed by atoms with van der Waals surface area (Å²) < 4.78 is 1.56. The van der Waals surface area contributed by atoms with Crippen LogP contribution in [0.4, 0.5) is 4.79 Å². The van der Waals surface area contributed by atoms with Gasteiger partial charge in [0.05, 0.1) is 0 Å².